The Morgan fingerprint density at radius 1 is 1.41 bits per heavy atom. The molecule has 92 valence electrons. The number of carbonyl (C=O) groups is 1. The molecular formula is C10H16N6O. The first kappa shape index (κ1) is 11.6. The van der Waals surface area contributed by atoms with Crippen LogP contribution in [0.25, 0.3) is 0 Å². The molecule has 1 amide bonds. The minimum absolute atomic E-state index is 0.0476. The summed E-state index contributed by atoms with van der Waals surface area (Å²) in [6.45, 7) is 1.88. The third-order valence-electron chi connectivity index (χ3n) is 2.67. The number of hydrazine groups is 1. The number of hydrogen-bond acceptors (Lipinski definition) is 6. The Morgan fingerprint density at radius 2 is 2.06 bits per heavy atom. The molecule has 1 aliphatic rings. The lowest BCUT2D eigenvalue weighted by Crippen LogP contribution is -2.23. The minimum Gasteiger partial charge on any atom is -0.368 e. The fourth-order valence-electron chi connectivity index (χ4n) is 1.54. The van der Waals surface area contributed by atoms with Gasteiger partial charge in [0, 0.05) is 11.5 Å². The van der Waals surface area contributed by atoms with E-state index >= 15 is 0 Å². The summed E-state index contributed by atoms with van der Waals surface area (Å²) < 4.78 is 0. The standard InChI is InChI=1S/C10H16N6O/c1-5-8(13-4-7(11)17)14-10(6-2-3-6)15-9(5)16-12/h6H,2-4,12H2,1H3,(H2,11,17)(H2,13,14,15,16). The summed E-state index contributed by atoms with van der Waals surface area (Å²) in [7, 11) is 0. The zero-order valence-electron chi connectivity index (χ0n) is 9.66. The lowest BCUT2D eigenvalue weighted by Gasteiger charge is -2.12. The molecule has 0 bridgehead atoms. The van der Waals surface area contributed by atoms with Gasteiger partial charge in [0.2, 0.25) is 5.91 Å². The smallest absolute Gasteiger partial charge is 0.236 e. The molecule has 1 saturated carbocycles. The number of anilines is 2. The Morgan fingerprint density at radius 3 is 2.59 bits per heavy atom. The zero-order chi connectivity index (χ0) is 12.4. The summed E-state index contributed by atoms with van der Waals surface area (Å²) in [6, 6.07) is 0. The Hall–Kier alpha value is -1.89. The molecule has 17 heavy (non-hydrogen) atoms. The number of nitrogens with zero attached hydrogens (tertiary/aromatic N) is 2. The molecule has 0 saturated heterocycles. The Bertz CT molecular complexity index is 443. The second-order valence-corrected chi connectivity index (χ2v) is 4.14. The highest BCUT2D eigenvalue weighted by molar-refractivity contribution is 5.79. The maximum absolute atomic E-state index is 10.7. The molecule has 1 aromatic heterocycles. The van der Waals surface area contributed by atoms with E-state index in [0.717, 1.165) is 24.2 Å². The number of amides is 1. The van der Waals surface area contributed by atoms with E-state index in [1.54, 1.807) is 0 Å². The molecule has 1 heterocycles. The molecule has 7 heteroatoms. The van der Waals surface area contributed by atoms with Crippen molar-refractivity contribution in [3.05, 3.63) is 11.4 Å². The topological polar surface area (TPSA) is 119 Å². The molecule has 0 radical (unpaired) electrons. The summed E-state index contributed by atoms with van der Waals surface area (Å²) in [6.07, 6.45) is 2.20. The fourth-order valence-corrected chi connectivity index (χ4v) is 1.54. The third kappa shape index (κ3) is 2.62. The van der Waals surface area contributed by atoms with Crippen LogP contribution in [-0.2, 0) is 4.79 Å². The van der Waals surface area contributed by atoms with Crippen LogP contribution in [0.15, 0.2) is 0 Å². The van der Waals surface area contributed by atoms with Gasteiger partial charge in [0.25, 0.3) is 0 Å². The van der Waals surface area contributed by atoms with E-state index < -0.39 is 5.91 Å². The van der Waals surface area contributed by atoms with Crippen LogP contribution in [0.5, 0.6) is 0 Å². The summed E-state index contributed by atoms with van der Waals surface area (Å²) >= 11 is 0. The van der Waals surface area contributed by atoms with E-state index in [9.17, 15) is 4.79 Å². The van der Waals surface area contributed by atoms with Crippen LogP contribution >= 0.6 is 0 Å². The van der Waals surface area contributed by atoms with Crippen LogP contribution in [0, 0.1) is 6.92 Å². The summed E-state index contributed by atoms with van der Waals surface area (Å²) in [5, 5.41) is 2.89. The molecule has 0 atom stereocenters. The number of aromatic nitrogens is 2. The van der Waals surface area contributed by atoms with Crippen LogP contribution in [0.3, 0.4) is 0 Å². The van der Waals surface area contributed by atoms with Gasteiger partial charge in [-0.25, -0.2) is 15.8 Å². The van der Waals surface area contributed by atoms with Crippen molar-refractivity contribution in [2.45, 2.75) is 25.7 Å². The van der Waals surface area contributed by atoms with E-state index in [1.807, 2.05) is 6.92 Å². The van der Waals surface area contributed by atoms with E-state index in [1.165, 1.54) is 0 Å². The van der Waals surface area contributed by atoms with Crippen molar-refractivity contribution >= 4 is 17.5 Å². The molecule has 0 aromatic carbocycles. The number of nitrogens with one attached hydrogen (secondary N) is 2. The third-order valence-corrected chi connectivity index (χ3v) is 2.67. The average Bonchev–Trinajstić information content (AvgIpc) is 3.11. The average molecular weight is 236 g/mol. The Balaban J connectivity index is 2.27. The van der Waals surface area contributed by atoms with Gasteiger partial charge in [-0.15, -0.1) is 0 Å². The summed E-state index contributed by atoms with van der Waals surface area (Å²) in [5.41, 5.74) is 8.40. The molecule has 1 aliphatic carbocycles. The SMILES string of the molecule is Cc1c(NN)nc(C2CC2)nc1NCC(N)=O. The molecule has 2 rings (SSSR count). The highest BCUT2D eigenvalue weighted by Gasteiger charge is 2.28. The van der Waals surface area contributed by atoms with Gasteiger partial charge in [-0.2, -0.15) is 0 Å². The Kier molecular flexibility index (Phi) is 3.10. The van der Waals surface area contributed by atoms with Gasteiger partial charge in [0.15, 0.2) is 0 Å². The molecule has 1 aromatic rings. The normalized spacial score (nSPS) is 14.5. The summed E-state index contributed by atoms with van der Waals surface area (Å²) in [4.78, 5) is 19.5. The predicted molar refractivity (Wildman–Crippen MR) is 64.2 cm³/mol. The number of hydrogen-bond donors (Lipinski definition) is 4. The number of carbonyl (C=O) groups excluding carboxylic acids is 1. The van der Waals surface area contributed by atoms with E-state index in [4.69, 9.17) is 11.6 Å². The molecule has 7 nitrogen and oxygen atoms in total. The predicted octanol–water partition coefficient (Wildman–Crippen LogP) is -0.155. The minimum atomic E-state index is -0.432. The second-order valence-electron chi connectivity index (χ2n) is 4.14. The number of nitrogens with two attached hydrogens (primary N) is 2. The van der Waals surface area contributed by atoms with Crippen LogP contribution in [0.4, 0.5) is 11.6 Å². The molecular weight excluding hydrogens is 220 g/mol. The fraction of sp³-hybridized carbons (Fsp3) is 0.500. The largest absolute Gasteiger partial charge is 0.368 e. The number of rotatable bonds is 5. The number of primary amides is 1. The van der Waals surface area contributed by atoms with Crippen LogP contribution in [0.1, 0.15) is 30.1 Å². The zero-order valence-corrected chi connectivity index (χ0v) is 9.66. The lowest BCUT2D eigenvalue weighted by molar-refractivity contribution is -0.116. The van der Waals surface area contributed by atoms with Crippen LogP contribution in [0.2, 0.25) is 0 Å². The molecule has 0 spiro atoms. The van der Waals surface area contributed by atoms with Gasteiger partial charge in [-0.1, -0.05) is 0 Å². The van der Waals surface area contributed by atoms with Crippen molar-refractivity contribution in [3.8, 4) is 0 Å². The van der Waals surface area contributed by atoms with Gasteiger partial charge in [-0.05, 0) is 19.8 Å². The monoisotopic (exact) mass is 236 g/mol. The van der Waals surface area contributed by atoms with Gasteiger partial charge in [-0.3, -0.25) is 4.79 Å². The van der Waals surface area contributed by atoms with Crippen molar-refractivity contribution in [1.29, 1.82) is 0 Å². The van der Waals surface area contributed by atoms with Crippen molar-refractivity contribution in [3.63, 3.8) is 0 Å². The second kappa shape index (κ2) is 4.54. The van der Waals surface area contributed by atoms with E-state index in [-0.39, 0.29) is 6.54 Å². The highest BCUT2D eigenvalue weighted by atomic mass is 16.1. The molecule has 6 N–H and O–H groups in total. The Labute approximate surface area is 99.0 Å². The van der Waals surface area contributed by atoms with Crippen molar-refractivity contribution in [2.75, 3.05) is 17.3 Å². The van der Waals surface area contributed by atoms with E-state index in [0.29, 0.717) is 17.6 Å². The van der Waals surface area contributed by atoms with Gasteiger partial charge in [0.1, 0.15) is 17.5 Å². The van der Waals surface area contributed by atoms with Gasteiger partial charge in [0.05, 0.1) is 6.54 Å². The first-order valence-corrected chi connectivity index (χ1v) is 5.49. The maximum Gasteiger partial charge on any atom is 0.236 e. The maximum atomic E-state index is 10.7. The number of nitrogen functional groups attached to an aromatic ring is 1. The van der Waals surface area contributed by atoms with Crippen LogP contribution < -0.4 is 22.3 Å². The van der Waals surface area contributed by atoms with Crippen molar-refractivity contribution in [2.24, 2.45) is 11.6 Å². The summed E-state index contributed by atoms with van der Waals surface area (Å²) in [5.74, 6) is 7.33. The van der Waals surface area contributed by atoms with Gasteiger partial charge >= 0.3 is 0 Å². The first-order chi connectivity index (χ1) is 8.11. The molecule has 0 unspecified atom stereocenters. The van der Waals surface area contributed by atoms with E-state index in [2.05, 4.69) is 20.7 Å². The first-order valence-electron chi connectivity index (χ1n) is 5.49. The van der Waals surface area contributed by atoms with Crippen molar-refractivity contribution in [1.82, 2.24) is 9.97 Å². The molecule has 0 aliphatic heterocycles. The quantitative estimate of drug-likeness (QED) is 0.417. The highest BCUT2D eigenvalue weighted by Crippen LogP contribution is 2.39. The van der Waals surface area contributed by atoms with Gasteiger partial charge < -0.3 is 16.5 Å². The van der Waals surface area contributed by atoms with Crippen molar-refractivity contribution < 1.29 is 4.79 Å². The lowest BCUT2D eigenvalue weighted by atomic mass is 10.3. The van der Waals surface area contributed by atoms with Crippen LogP contribution in [-0.4, -0.2) is 22.4 Å². The molecule has 1 fully saturated rings.